The second kappa shape index (κ2) is 7.31. The van der Waals surface area contributed by atoms with Crippen LogP contribution in [0.4, 0.5) is 5.13 Å². The van der Waals surface area contributed by atoms with E-state index in [9.17, 15) is 4.79 Å². The molecule has 3 aromatic heterocycles. The van der Waals surface area contributed by atoms with Crippen LogP contribution in [0.1, 0.15) is 10.6 Å². The maximum absolute atomic E-state index is 13.0. The monoisotopic (exact) mass is 384 g/mol. The minimum atomic E-state index is -0.00475. The molecular formula is C19H16N2O3S2. The lowest BCUT2D eigenvalue weighted by atomic mass is 10.3. The number of aromatic nitrogens is 1. The topological polar surface area (TPSA) is 55.6 Å². The molecule has 0 aliphatic rings. The van der Waals surface area contributed by atoms with E-state index in [0.717, 1.165) is 26.6 Å². The molecule has 3 heterocycles. The van der Waals surface area contributed by atoms with Gasteiger partial charge in [0.1, 0.15) is 11.5 Å². The molecule has 0 radical (unpaired) electrons. The second-order valence-electron chi connectivity index (χ2n) is 5.65. The Labute approximate surface area is 158 Å². The van der Waals surface area contributed by atoms with Gasteiger partial charge in [0.25, 0.3) is 0 Å². The third-order valence-electron chi connectivity index (χ3n) is 3.92. The van der Waals surface area contributed by atoms with Crippen LogP contribution in [0, 0.1) is 0 Å². The lowest BCUT2D eigenvalue weighted by molar-refractivity contribution is -0.118. The normalized spacial score (nSPS) is 11.0. The van der Waals surface area contributed by atoms with Crippen LogP contribution in [0.25, 0.3) is 10.2 Å². The molecule has 132 valence electrons. The molecule has 0 N–H and O–H groups in total. The van der Waals surface area contributed by atoms with Crippen molar-refractivity contribution in [3.63, 3.8) is 0 Å². The summed E-state index contributed by atoms with van der Waals surface area (Å²) in [6.45, 7) is 0.355. The summed E-state index contributed by atoms with van der Waals surface area (Å²) in [5, 5.41) is 2.63. The van der Waals surface area contributed by atoms with Gasteiger partial charge in [-0.2, -0.15) is 0 Å². The SMILES string of the molecule is COc1ccc2nc(N(Cc3ccco3)C(=O)Cc3cccs3)sc2c1. The van der Waals surface area contributed by atoms with Crippen LogP contribution >= 0.6 is 22.7 Å². The molecule has 1 aromatic carbocycles. The molecule has 0 atom stereocenters. The van der Waals surface area contributed by atoms with Crippen molar-refractivity contribution in [3.8, 4) is 5.75 Å². The van der Waals surface area contributed by atoms with Gasteiger partial charge in [0.05, 0.1) is 36.6 Å². The molecule has 0 saturated heterocycles. The molecule has 0 spiro atoms. The predicted molar refractivity (Wildman–Crippen MR) is 104 cm³/mol. The number of hydrogen-bond acceptors (Lipinski definition) is 6. The number of carbonyl (C=O) groups excluding carboxylic acids is 1. The summed E-state index contributed by atoms with van der Waals surface area (Å²) in [6.07, 6.45) is 1.96. The first-order chi connectivity index (χ1) is 12.7. The van der Waals surface area contributed by atoms with E-state index in [1.54, 1.807) is 29.6 Å². The van der Waals surface area contributed by atoms with Crippen LogP contribution in [0.5, 0.6) is 5.75 Å². The number of amides is 1. The number of rotatable bonds is 6. The average molecular weight is 384 g/mol. The van der Waals surface area contributed by atoms with Crippen LogP contribution in [0.3, 0.4) is 0 Å². The Kier molecular flexibility index (Phi) is 4.73. The Balaban J connectivity index is 1.68. The maximum Gasteiger partial charge on any atom is 0.234 e. The van der Waals surface area contributed by atoms with Gasteiger partial charge in [-0.1, -0.05) is 17.4 Å². The third-order valence-corrected chi connectivity index (χ3v) is 5.83. The first-order valence-corrected chi connectivity index (χ1v) is 9.72. The Morgan fingerprint density at radius 2 is 2.19 bits per heavy atom. The predicted octanol–water partition coefficient (Wildman–Crippen LogP) is 4.74. The molecule has 0 bridgehead atoms. The van der Waals surface area contributed by atoms with Crippen molar-refractivity contribution in [1.29, 1.82) is 0 Å². The van der Waals surface area contributed by atoms with Crippen molar-refractivity contribution >= 4 is 43.9 Å². The Bertz CT molecular complexity index is 1010. The minimum absolute atomic E-state index is 0.00475. The molecule has 4 rings (SSSR count). The van der Waals surface area contributed by atoms with E-state index >= 15 is 0 Å². The number of nitrogens with zero attached hydrogens (tertiary/aromatic N) is 2. The molecule has 0 aliphatic carbocycles. The summed E-state index contributed by atoms with van der Waals surface area (Å²) in [5.41, 5.74) is 0.846. The van der Waals surface area contributed by atoms with E-state index in [1.165, 1.54) is 11.3 Å². The van der Waals surface area contributed by atoms with Gasteiger partial charge < -0.3 is 9.15 Å². The fourth-order valence-corrected chi connectivity index (χ4v) is 4.32. The van der Waals surface area contributed by atoms with E-state index in [-0.39, 0.29) is 5.91 Å². The lowest BCUT2D eigenvalue weighted by Crippen LogP contribution is -2.31. The van der Waals surface area contributed by atoms with Crippen molar-refractivity contribution in [2.75, 3.05) is 12.0 Å². The van der Waals surface area contributed by atoms with E-state index in [2.05, 4.69) is 4.98 Å². The Hall–Kier alpha value is -2.64. The number of methoxy groups -OCH3 is 1. The van der Waals surface area contributed by atoms with Crippen LogP contribution in [-0.4, -0.2) is 18.0 Å². The van der Waals surface area contributed by atoms with Crippen molar-refractivity contribution in [1.82, 2.24) is 4.98 Å². The van der Waals surface area contributed by atoms with Crippen LogP contribution in [0.15, 0.2) is 58.5 Å². The third kappa shape index (κ3) is 3.49. The number of thiophene rings is 1. The van der Waals surface area contributed by atoms with Gasteiger partial charge in [-0.15, -0.1) is 11.3 Å². The van der Waals surface area contributed by atoms with Crippen molar-refractivity contribution in [2.45, 2.75) is 13.0 Å². The smallest absolute Gasteiger partial charge is 0.234 e. The zero-order valence-electron chi connectivity index (χ0n) is 14.0. The Morgan fingerprint density at radius 1 is 1.27 bits per heavy atom. The summed E-state index contributed by atoms with van der Waals surface area (Å²) in [7, 11) is 1.64. The highest BCUT2D eigenvalue weighted by Crippen LogP contribution is 2.32. The highest BCUT2D eigenvalue weighted by atomic mass is 32.1. The lowest BCUT2D eigenvalue weighted by Gasteiger charge is -2.18. The van der Waals surface area contributed by atoms with Crippen LogP contribution in [0.2, 0.25) is 0 Å². The van der Waals surface area contributed by atoms with E-state index in [1.807, 2.05) is 47.8 Å². The molecule has 26 heavy (non-hydrogen) atoms. The molecule has 0 fully saturated rings. The van der Waals surface area contributed by atoms with Crippen molar-refractivity contribution in [3.05, 3.63) is 64.7 Å². The molecule has 1 amide bonds. The highest BCUT2D eigenvalue weighted by Gasteiger charge is 2.22. The zero-order valence-corrected chi connectivity index (χ0v) is 15.7. The largest absolute Gasteiger partial charge is 0.497 e. The molecule has 0 aliphatic heterocycles. The minimum Gasteiger partial charge on any atom is -0.497 e. The number of carbonyl (C=O) groups is 1. The summed E-state index contributed by atoms with van der Waals surface area (Å²) in [6, 6.07) is 13.3. The second-order valence-corrected chi connectivity index (χ2v) is 7.69. The van der Waals surface area contributed by atoms with E-state index in [0.29, 0.717) is 18.1 Å². The molecular weight excluding hydrogens is 368 g/mol. The van der Waals surface area contributed by atoms with Gasteiger partial charge in [0.15, 0.2) is 5.13 Å². The van der Waals surface area contributed by atoms with Gasteiger partial charge >= 0.3 is 0 Å². The number of benzene rings is 1. The first-order valence-electron chi connectivity index (χ1n) is 8.02. The first kappa shape index (κ1) is 16.8. The quantitative estimate of drug-likeness (QED) is 0.482. The molecule has 0 unspecified atom stereocenters. The van der Waals surface area contributed by atoms with E-state index < -0.39 is 0 Å². The van der Waals surface area contributed by atoms with Crippen molar-refractivity contribution in [2.24, 2.45) is 0 Å². The van der Waals surface area contributed by atoms with Crippen molar-refractivity contribution < 1.29 is 13.9 Å². The summed E-state index contributed by atoms with van der Waals surface area (Å²) in [4.78, 5) is 20.3. The summed E-state index contributed by atoms with van der Waals surface area (Å²) >= 11 is 3.05. The molecule has 7 heteroatoms. The van der Waals surface area contributed by atoms with Gasteiger partial charge in [0.2, 0.25) is 5.91 Å². The molecule has 4 aromatic rings. The van der Waals surface area contributed by atoms with Gasteiger partial charge in [-0.25, -0.2) is 4.98 Å². The standard InChI is InChI=1S/C19H16N2O3S2/c1-23-13-6-7-16-17(10-13)26-19(20-16)21(12-14-4-2-8-24-14)18(22)11-15-5-3-9-25-15/h2-10H,11-12H2,1H3. The fourth-order valence-electron chi connectivity index (χ4n) is 2.61. The fraction of sp³-hybridized carbons (Fsp3) is 0.158. The number of furan rings is 1. The number of hydrogen-bond donors (Lipinski definition) is 0. The van der Waals surface area contributed by atoms with Gasteiger partial charge in [0, 0.05) is 4.88 Å². The number of anilines is 1. The maximum atomic E-state index is 13.0. The molecule has 5 nitrogen and oxygen atoms in total. The van der Waals surface area contributed by atoms with Gasteiger partial charge in [-0.3, -0.25) is 9.69 Å². The number of fused-ring (bicyclic) bond motifs is 1. The highest BCUT2D eigenvalue weighted by molar-refractivity contribution is 7.22. The zero-order chi connectivity index (χ0) is 17.9. The Morgan fingerprint density at radius 3 is 2.92 bits per heavy atom. The summed E-state index contributed by atoms with van der Waals surface area (Å²) < 4.78 is 11.7. The van der Waals surface area contributed by atoms with E-state index in [4.69, 9.17) is 9.15 Å². The van der Waals surface area contributed by atoms with Crippen LogP contribution in [-0.2, 0) is 17.8 Å². The number of ether oxygens (including phenoxy) is 1. The average Bonchev–Trinajstić information content (AvgIpc) is 3.39. The number of thiazole rings is 1. The van der Waals surface area contributed by atoms with Gasteiger partial charge in [-0.05, 0) is 41.8 Å². The summed E-state index contributed by atoms with van der Waals surface area (Å²) in [5.74, 6) is 1.49. The van der Waals surface area contributed by atoms with Crippen LogP contribution < -0.4 is 9.64 Å². The molecule has 0 saturated carbocycles.